The third-order valence-electron chi connectivity index (χ3n) is 4.98. The maximum atomic E-state index is 12.8. The molecule has 0 radical (unpaired) electrons. The van der Waals surface area contributed by atoms with Gasteiger partial charge in [-0.25, -0.2) is 0 Å². The predicted octanol–water partition coefficient (Wildman–Crippen LogP) is 2.99. The number of amides is 2. The number of ether oxygens (including phenoxy) is 4. The van der Waals surface area contributed by atoms with Crippen LogP contribution in [0, 0.1) is 0 Å². The molecule has 32 heavy (non-hydrogen) atoms. The van der Waals surface area contributed by atoms with Gasteiger partial charge in [-0.05, 0) is 30.2 Å². The van der Waals surface area contributed by atoms with Crippen LogP contribution >= 0.6 is 0 Å². The maximum Gasteiger partial charge on any atom is 0.259 e. The summed E-state index contributed by atoms with van der Waals surface area (Å²) < 4.78 is 21.8. The van der Waals surface area contributed by atoms with Crippen molar-refractivity contribution in [2.24, 2.45) is 0 Å². The molecule has 2 rings (SSSR count). The number of para-hydroxylation sites is 1. The van der Waals surface area contributed by atoms with Crippen LogP contribution in [0.2, 0.25) is 0 Å². The Labute approximate surface area is 189 Å². The number of likely N-dealkylation sites (N-methyl/N-ethyl adjacent to an activating group) is 1. The monoisotopic (exact) mass is 444 g/mol. The Kier molecular flexibility index (Phi) is 9.19. The van der Waals surface area contributed by atoms with Gasteiger partial charge in [-0.1, -0.05) is 25.1 Å². The highest BCUT2D eigenvalue weighted by molar-refractivity contribution is 5.80. The van der Waals surface area contributed by atoms with Crippen molar-refractivity contribution in [2.75, 3.05) is 42.0 Å². The summed E-state index contributed by atoms with van der Waals surface area (Å²) in [6.45, 7) is 1.91. The Hall–Kier alpha value is -3.42. The highest BCUT2D eigenvalue weighted by atomic mass is 16.5. The Morgan fingerprint density at radius 1 is 0.969 bits per heavy atom. The molecule has 0 saturated carbocycles. The van der Waals surface area contributed by atoms with E-state index in [1.54, 1.807) is 32.3 Å². The summed E-state index contributed by atoms with van der Waals surface area (Å²) in [6, 6.07) is 10.6. The highest BCUT2D eigenvalue weighted by Gasteiger charge is 2.20. The molecule has 0 bridgehead atoms. The Bertz CT molecular complexity index is 903. The SMILES string of the molecule is CCC(NC(=O)Cc1cc(OC)c(OC)c(OC)c1)c1ccccc1OCC(=O)N(C)C. The second kappa shape index (κ2) is 11.8. The quantitative estimate of drug-likeness (QED) is 0.574. The first-order valence-electron chi connectivity index (χ1n) is 10.3. The van der Waals surface area contributed by atoms with Crippen LogP contribution in [0.1, 0.15) is 30.5 Å². The second-order valence-corrected chi connectivity index (χ2v) is 7.35. The average Bonchev–Trinajstić information content (AvgIpc) is 2.80. The molecular formula is C24H32N2O6. The van der Waals surface area contributed by atoms with E-state index in [4.69, 9.17) is 18.9 Å². The topological polar surface area (TPSA) is 86.3 Å². The van der Waals surface area contributed by atoms with Gasteiger partial charge >= 0.3 is 0 Å². The molecule has 8 nitrogen and oxygen atoms in total. The standard InChI is InChI=1S/C24H32N2O6/c1-7-18(17-10-8-9-11-19(17)32-15-23(28)26(2)3)25-22(27)14-16-12-20(29-4)24(31-6)21(13-16)30-5/h8-13,18H,7,14-15H2,1-6H3,(H,25,27). The number of nitrogens with one attached hydrogen (secondary N) is 1. The summed E-state index contributed by atoms with van der Waals surface area (Å²) >= 11 is 0. The summed E-state index contributed by atoms with van der Waals surface area (Å²) in [5, 5.41) is 3.06. The minimum absolute atomic E-state index is 0.0696. The third-order valence-corrected chi connectivity index (χ3v) is 4.98. The molecular weight excluding hydrogens is 412 g/mol. The first-order chi connectivity index (χ1) is 15.3. The number of benzene rings is 2. The zero-order chi connectivity index (χ0) is 23.7. The van der Waals surface area contributed by atoms with E-state index in [9.17, 15) is 9.59 Å². The van der Waals surface area contributed by atoms with Crippen molar-refractivity contribution in [1.29, 1.82) is 0 Å². The van der Waals surface area contributed by atoms with Crippen molar-refractivity contribution >= 4 is 11.8 Å². The highest BCUT2D eigenvalue weighted by Crippen LogP contribution is 2.38. The van der Waals surface area contributed by atoms with Crippen LogP contribution in [-0.4, -0.2) is 58.7 Å². The number of carbonyl (C=O) groups is 2. The lowest BCUT2D eigenvalue weighted by Gasteiger charge is -2.21. The van der Waals surface area contributed by atoms with Crippen molar-refractivity contribution < 1.29 is 28.5 Å². The lowest BCUT2D eigenvalue weighted by atomic mass is 10.0. The van der Waals surface area contributed by atoms with Gasteiger partial charge in [0.1, 0.15) is 5.75 Å². The minimum atomic E-state index is -0.268. The molecule has 0 heterocycles. The second-order valence-electron chi connectivity index (χ2n) is 7.35. The fourth-order valence-corrected chi connectivity index (χ4v) is 3.24. The van der Waals surface area contributed by atoms with Gasteiger partial charge in [-0.15, -0.1) is 0 Å². The first kappa shape index (κ1) is 24.8. The number of nitrogens with zero attached hydrogens (tertiary/aromatic N) is 1. The first-order valence-corrected chi connectivity index (χ1v) is 10.3. The summed E-state index contributed by atoms with van der Waals surface area (Å²) in [5.41, 5.74) is 1.55. The summed E-state index contributed by atoms with van der Waals surface area (Å²) in [7, 11) is 7.95. The Balaban J connectivity index is 2.17. The molecule has 0 aromatic heterocycles. The Morgan fingerprint density at radius 2 is 1.59 bits per heavy atom. The third kappa shape index (κ3) is 6.29. The normalized spacial score (nSPS) is 11.3. The molecule has 0 aliphatic carbocycles. The van der Waals surface area contributed by atoms with E-state index in [0.717, 1.165) is 11.1 Å². The summed E-state index contributed by atoms with van der Waals surface area (Å²) in [4.78, 5) is 26.2. The van der Waals surface area contributed by atoms with Crippen molar-refractivity contribution in [3.8, 4) is 23.0 Å². The van der Waals surface area contributed by atoms with Gasteiger partial charge in [0.25, 0.3) is 5.91 Å². The number of rotatable bonds is 11. The van der Waals surface area contributed by atoms with Gasteiger partial charge in [0.05, 0.1) is 33.8 Å². The number of methoxy groups -OCH3 is 3. The molecule has 0 aliphatic rings. The van der Waals surface area contributed by atoms with E-state index in [-0.39, 0.29) is 30.9 Å². The van der Waals surface area contributed by atoms with Gasteiger partial charge in [0, 0.05) is 19.7 Å². The van der Waals surface area contributed by atoms with Crippen LogP contribution in [0.15, 0.2) is 36.4 Å². The van der Waals surface area contributed by atoms with Gasteiger partial charge < -0.3 is 29.2 Å². The van der Waals surface area contributed by atoms with Crippen molar-refractivity contribution in [3.05, 3.63) is 47.5 Å². The van der Waals surface area contributed by atoms with E-state index in [2.05, 4.69) is 5.32 Å². The van der Waals surface area contributed by atoms with E-state index >= 15 is 0 Å². The molecule has 2 amide bonds. The smallest absolute Gasteiger partial charge is 0.259 e. The molecule has 0 saturated heterocycles. The van der Waals surface area contributed by atoms with Gasteiger partial charge in [0.15, 0.2) is 18.1 Å². The number of hydrogen-bond donors (Lipinski definition) is 1. The molecule has 0 fully saturated rings. The maximum absolute atomic E-state index is 12.8. The molecule has 2 aromatic rings. The molecule has 0 spiro atoms. The number of hydrogen-bond acceptors (Lipinski definition) is 6. The van der Waals surface area contributed by atoms with Gasteiger partial charge in [-0.3, -0.25) is 9.59 Å². The largest absolute Gasteiger partial charge is 0.493 e. The van der Waals surface area contributed by atoms with Crippen LogP contribution in [-0.2, 0) is 16.0 Å². The molecule has 1 unspecified atom stereocenters. The summed E-state index contributed by atoms with van der Waals surface area (Å²) in [6.07, 6.45) is 0.790. The summed E-state index contributed by atoms with van der Waals surface area (Å²) in [5.74, 6) is 1.73. The van der Waals surface area contributed by atoms with Crippen molar-refractivity contribution in [3.63, 3.8) is 0 Å². The van der Waals surface area contributed by atoms with E-state index in [0.29, 0.717) is 29.4 Å². The molecule has 174 valence electrons. The lowest BCUT2D eigenvalue weighted by molar-refractivity contribution is -0.130. The van der Waals surface area contributed by atoms with Crippen LogP contribution in [0.4, 0.5) is 0 Å². The molecule has 2 aromatic carbocycles. The predicted molar refractivity (Wildman–Crippen MR) is 122 cm³/mol. The van der Waals surface area contributed by atoms with E-state index in [1.165, 1.54) is 26.2 Å². The molecule has 8 heteroatoms. The van der Waals surface area contributed by atoms with Crippen LogP contribution in [0.3, 0.4) is 0 Å². The minimum Gasteiger partial charge on any atom is -0.493 e. The fourth-order valence-electron chi connectivity index (χ4n) is 3.24. The number of carbonyl (C=O) groups excluding carboxylic acids is 2. The van der Waals surface area contributed by atoms with Gasteiger partial charge in [-0.2, -0.15) is 0 Å². The fraction of sp³-hybridized carbons (Fsp3) is 0.417. The zero-order valence-electron chi connectivity index (χ0n) is 19.6. The molecule has 0 aliphatic heterocycles. The molecule has 1 N–H and O–H groups in total. The Morgan fingerprint density at radius 3 is 2.12 bits per heavy atom. The van der Waals surface area contributed by atoms with E-state index < -0.39 is 0 Å². The van der Waals surface area contributed by atoms with Crippen molar-refractivity contribution in [2.45, 2.75) is 25.8 Å². The van der Waals surface area contributed by atoms with Crippen molar-refractivity contribution in [1.82, 2.24) is 10.2 Å². The molecule has 1 atom stereocenters. The zero-order valence-corrected chi connectivity index (χ0v) is 19.6. The lowest BCUT2D eigenvalue weighted by Crippen LogP contribution is -2.31. The van der Waals surface area contributed by atoms with Crippen LogP contribution in [0.5, 0.6) is 23.0 Å². The van der Waals surface area contributed by atoms with E-state index in [1.807, 2.05) is 25.1 Å². The van der Waals surface area contributed by atoms with Crippen LogP contribution < -0.4 is 24.3 Å². The van der Waals surface area contributed by atoms with Gasteiger partial charge in [0.2, 0.25) is 11.7 Å². The average molecular weight is 445 g/mol. The van der Waals surface area contributed by atoms with Crippen LogP contribution in [0.25, 0.3) is 0 Å².